The van der Waals surface area contributed by atoms with E-state index >= 15 is 0 Å². The van der Waals surface area contributed by atoms with E-state index in [1.54, 1.807) is 24.1 Å². The third-order valence-electron chi connectivity index (χ3n) is 7.67. The van der Waals surface area contributed by atoms with Gasteiger partial charge in [-0.15, -0.1) is 5.10 Å². The van der Waals surface area contributed by atoms with Gasteiger partial charge in [0.05, 0.1) is 30.1 Å². The molecule has 12 nitrogen and oxygen atoms in total. The molecule has 4 heterocycles. The highest BCUT2D eigenvalue weighted by Crippen LogP contribution is 2.68. The number of nitrogens with zero attached hydrogens (tertiary/aromatic N) is 7. The lowest BCUT2D eigenvalue weighted by molar-refractivity contribution is -0.128. The van der Waals surface area contributed by atoms with Gasteiger partial charge in [-0.1, -0.05) is 23.4 Å². The van der Waals surface area contributed by atoms with Crippen molar-refractivity contribution >= 4 is 33.7 Å². The fourth-order valence-electron chi connectivity index (χ4n) is 5.75. The average molecular weight is 486 g/mol. The van der Waals surface area contributed by atoms with Crippen molar-refractivity contribution < 1.29 is 19.4 Å². The van der Waals surface area contributed by atoms with E-state index in [-0.39, 0.29) is 17.6 Å². The number of carbonyl (C=O) groups is 1. The quantitative estimate of drug-likeness (QED) is 0.334. The molecule has 2 fully saturated rings. The number of ketones is 1. The number of aliphatic hydroxyl groups is 2. The van der Waals surface area contributed by atoms with E-state index in [0.29, 0.717) is 34.9 Å². The normalized spacial score (nSPS) is 27.0. The molecule has 12 heteroatoms. The van der Waals surface area contributed by atoms with Crippen LogP contribution in [0.15, 0.2) is 47.3 Å². The van der Waals surface area contributed by atoms with Crippen LogP contribution in [-0.2, 0) is 4.79 Å². The first-order chi connectivity index (χ1) is 17.4. The minimum Gasteiger partial charge on any atom is -0.454 e. The number of nitrogens with one attached hydrogen (secondary N) is 1. The second-order valence-electron chi connectivity index (χ2n) is 9.48. The van der Waals surface area contributed by atoms with E-state index in [1.807, 2.05) is 30.3 Å². The highest BCUT2D eigenvalue weighted by Gasteiger charge is 2.74. The Morgan fingerprint density at radius 3 is 2.83 bits per heavy atom. The topological polar surface area (TPSA) is 157 Å². The molecule has 2 saturated carbocycles. The summed E-state index contributed by atoms with van der Waals surface area (Å²) in [7, 11) is 1.72. The Morgan fingerprint density at radius 2 is 2.08 bits per heavy atom. The van der Waals surface area contributed by atoms with Gasteiger partial charge in [0, 0.05) is 12.4 Å². The highest BCUT2D eigenvalue weighted by molar-refractivity contribution is 5.88. The van der Waals surface area contributed by atoms with Gasteiger partial charge in [0.2, 0.25) is 0 Å². The van der Waals surface area contributed by atoms with Crippen LogP contribution in [0.5, 0.6) is 0 Å². The van der Waals surface area contributed by atoms with Gasteiger partial charge >= 0.3 is 0 Å². The number of carbonyl (C=O) groups excluding carboxylic acids is 1. The summed E-state index contributed by atoms with van der Waals surface area (Å²) in [5, 5.41) is 34.0. The number of rotatable bonds is 5. The van der Waals surface area contributed by atoms with Gasteiger partial charge in [-0.3, -0.25) is 4.79 Å². The summed E-state index contributed by atoms with van der Waals surface area (Å²) in [6.45, 7) is 1.47. The number of para-hydroxylation sites is 1. The lowest BCUT2D eigenvalue weighted by Crippen LogP contribution is -2.36. The Balaban J connectivity index is 1.31. The summed E-state index contributed by atoms with van der Waals surface area (Å²) in [4.78, 5) is 26.0. The van der Waals surface area contributed by atoms with Gasteiger partial charge in [0.15, 0.2) is 22.7 Å². The molecule has 36 heavy (non-hydrogen) atoms. The fraction of sp³-hybridized carbons (Fsp3) is 0.333. The van der Waals surface area contributed by atoms with Gasteiger partial charge in [-0.25, -0.2) is 4.98 Å². The Hall–Kier alpha value is -4.16. The molecule has 0 bridgehead atoms. The lowest BCUT2D eigenvalue weighted by atomic mass is 9.95. The molecule has 7 rings (SSSR count). The molecule has 0 saturated heterocycles. The summed E-state index contributed by atoms with van der Waals surface area (Å²) in [6, 6.07) is 9.04. The minimum atomic E-state index is -1.13. The number of Topliss-reactive ketones (excluding diaryl/α,β-unsaturated/α-hetero) is 1. The molecule has 0 spiro atoms. The molecule has 2 aliphatic carbocycles. The monoisotopic (exact) mass is 486 g/mol. The molecular weight excluding hydrogens is 464 g/mol. The van der Waals surface area contributed by atoms with Crippen molar-refractivity contribution in [3.63, 3.8) is 0 Å². The van der Waals surface area contributed by atoms with Crippen LogP contribution in [0.3, 0.4) is 0 Å². The molecule has 0 aliphatic heterocycles. The second-order valence-corrected chi connectivity index (χ2v) is 9.48. The maximum absolute atomic E-state index is 12.3. The molecule has 0 amide bonds. The standard InChI is InChI=1S/C24H22N8O4/c1-11(33)24-8-13(24)18(19(34)20(24)35)31-10-26-17-21(25-2)27-23(28-22(17)31)32-9-14(29-30-32)16-7-12-5-3-4-6-15(12)36-16/h3-7,9-10,13,18-20,34-35H,8H2,1-2H3,(H,25,27,28)/t13?,18-,19+,20?,24-/m1/s1. The number of aliphatic hydroxyl groups excluding tert-OH is 2. The lowest BCUT2D eigenvalue weighted by Gasteiger charge is -2.23. The van der Waals surface area contributed by atoms with E-state index in [0.717, 1.165) is 11.0 Å². The predicted molar refractivity (Wildman–Crippen MR) is 127 cm³/mol. The summed E-state index contributed by atoms with van der Waals surface area (Å²) < 4.78 is 9.07. The number of hydrogen-bond donors (Lipinski definition) is 3. The average Bonchev–Trinajstić information content (AvgIpc) is 3.28. The van der Waals surface area contributed by atoms with E-state index in [4.69, 9.17) is 4.42 Å². The van der Waals surface area contributed by atoms with Crippen molar-refractivity contribution in [2.75, 3.05) is 12.4 Å². The van der Waals surface area contributed by atoms with Gasteiger partial charge in [0.25, 0.3) is 5.95 Å². The van der Waals surface area contributed by atoms with Crippen LogP contribution in [0.2, 0.25) is 0 Å². The van der Waals surface area contributed by atoms with Crippen LogP contribution in [0.4, 0.5) is 5.82 Å². The molecule has 4 aromatic heterocycles. The summed E-state index contributed by atoms with van der Waals surface area (Å²) in [5.74, 6) is 0.971. The van der Waals surface area contributed by atoms with E-state index in [9.17, 15) is 15.0 Å². The van der Waals surface area contributed by atoms with E-state index in [2.05, 4.69) is 30.6 Å². The van der Waals surface area contributed by atoms with Crippen LogP contribution in [-0.4, -0.2) is 69.8 Å². The highest BCUT2D eigenvalue weighted by atomic mass is 16.3. The first-order valence-corrected chi connectivity index (χ1v) is 11.6. The third kappa shape index (κ3) is 2.70. The van der Waals surface area contributed by atoms with Crippen molar-refractivity contribution in [1.29, 1.82) is 0 Å². The van der Waals surface area contributed by atoms with Gasteiger partial charge in [0.1, 0.15) is 23.2 Å². The van der Waals surface area contributed by atoms with Crippen LogP contribution in [0.25, 0.3) is 39.5 Å². The number of benzene rings is 1. The van der Waals surface area contributed by atoms with Crippen molar-refractivity contribution in [3.05, 3.63) is 42.9 Å². The predicted octanol–water partition coefficient (Wildman–Crippen LogP) is 1.73. The third-order valence-corrected chi connectivity index (χ3v) is 7.67. The van der Waals surface area contributed by atoms with Crippen LogP contribution in [0, 0.1) is 11.3 Å². The number of imidazole rings is 1. The van der Waals surface area contributed by atoms with Crippen molar-refractivity contribution in [2.24, 2.45) is 11.3 Å². The number of furan rings is 1. The molecule has 182 valence electrons. The Labute approximate surface area is 203 Å². The Morgan fingerprint density at radius 1 is 1.25 bits per heavy atom. The molecular formula is C24H22N8O4. The molecule has 0 radical (unpaired) electrons. The number of hydrogen-bond acceptors (Lipinski definition) is 10. The van der Waals surface area contributed by atoms with E-state index in [1.165, 1.54) is 11.6 Å². The Kier molecular flexibility index (Phi) is 4.22. The molecule has 1 aromatic carbocycles. The molecule has 3 N–H and O–H groups in total. The fourth-order valence-corrected chi connectivity index (χ4v) is 5.75. The zero-order valence-electron chi connectivity index (χ0n) is 19.4. The van der Waals surface area contributed by atoms with Crippen molar-refractivity contribution in [1.82, 2.24) is 34.5 Å². The SMILES string of the molecule is CNc1nc(-n2cc(-c3cc4ccccc4o3)nn2)nc2c1ncn2[C@@H]1C2C[C@]2(C(C)=O)C(O)[C@H]1O. The molecule has 2 unspecified atom stereocenters. The molecule has 5 aromatic rings. The van der Waals surface area contributed by atoms with Crippen molar-refractivity contribution in [3.8, 4) is 17.4 Å². The van der Waals surface area contributed by atoms with Gasteiger partial charge < -0.3 is 24.5 Å². The number of anilines is 1. The molecule has 5 atom stereocenters. The summed E-state index contributed by atoms with van der Waals surface area (Å²) in [6.07, 6.45) is 1.52. The van der Waals surface area contributed by atoms with Gasteiger partial charge in [-0.2, -0.15) is 14.6 Å². The van der Waals surface area contributed by atoms with Crippen LogP contribution in [0.1, 0.15) is 19.4 Å². The summed E-state index contributed by atoms with van der Waals surface area (Å²) in [5.41, 5.74) is 1.32. The zero-order chi connectivity index (χ0) is 24.8. The van der Waals surface area contributed by atoms with Crippen LogP contribution >= 0.6 is 0 Å². The first kappa shape index (κ1) is 21.1. The minimum absolute atomic E-state index is 0.113. The van der Waals surface area contributed by atoms with Gasteiger partial charge in [-0.05, 0) is 31.4 Å². The largest absolute Gasteiger partial charge is 0.454 e. The maximum atomic E-state index is 12.3. The Bertz CT molecular complexity index is 1640. The smallest absolute Gasteiger partial charge is 0.256 e. The van der Waals surface area contributed by atoms with E-state index < -0.39 is 23.7 Å². The maximum Gasteiger partial charge on any atom is 0.256 e. The van der Waals surface area contributed by atoms with Crippen LogP contribution < -0.4 is 5.32 Å². The number of fused-ring (bicyclic) bond motifs is 3. The number of aromatic nitrogens is 7. The molecule has 2 aliphatic rings. The zero-order valence-corrected chi connectivity index (χ0v) is 19.4. The van der Waals surface area contributed by atoms with Crippen molar-refractivity contribution in [2.45, 2.75) is 31.6 Å². The summed E-state index contributed by atoms with van der Waals surface area (Å²) >= 11 is 0. The first-order valence-electron chi connectivity index (χ1n) is 11.6. The second kappa shape index (κ2) is 7.18.